The van der Waals surface area contributed by atoms with Crippen molar-refractivity contribution in [3.63, 3.8) is 0 Å². The predicted molar refractivity (Wildman–Crippen MR) is 113 cm³/mol. The van der Waals surface area contributed by atoms with Crippen LogP contribution in [0, 0.1) is 5.82 Å². The first-order chi connectivity index (χ1) is 14.0. The van der Waals surface area contributed by atoms with Gasteiger partial charge in [0, 0.05) is 48.7 Å². The molecule has 29 heavy (non-hydrogen) atoms. The molecule has 0 bridgehead atoms. The average molecular weight is 390 g/mol. The third kappa shape index (κ3) is 3.94. The summed E-state index contributed by atoms with van der Waals surface area (Å²) in [6.45, 7) is 1.13. The van der Waals surface area contributed by atoms with Crippen molar-refractivity contribution in [2.75, 3.05) is 23.4 Å². The summed E-state index contributed by atoms with van der Waals surface area (Å²) < 4.78 is 13.9. The number of rotatable bonds is 6. The quantitative estimate of drug-likeness (QED) is 0.630. The number of hydrogen-bond acceptors (Lipinski definition) is 3. The van der Waals surface area contributed by atoms with Crippen LogP contribution in [0.2, 0.25) is 0 Å². The zero-order valence-corrected chi connectivity index (χ0v) is 16.3. The van der Waals surface area contributed by atoms with Crippen molar-refractivity contribution in [3.8, 4) is 0 Å². The minimum absolute atomic E-state index is 0.0212. The summed E-state index contributed by atoms with van der Waals surface area (Å²) in [7, 11) is 1.94. The Balaban J connectivity index is 1.53. The largest absolute Gasteiger partial charge is 0.481 e. The number of para-hydroxylation sites is 1. The van der Waals surface area contributed by atoms with Crippen molar-refractivity contribution in [3.05, 3.63) is 89.7 Å². The molecule has 3 aromatic carbocycles. The Morgan fingerprint density at radius 3 is 2.48 bits per heavy atom. The van der Waals surface area contributed by atoms with E-state index in [1.54, 1.807) is 12.1 Å². The number of benzene rings is 3. The zero-order chi connectivity index (χ0) is 20.4. The van der Waals surface area contributed by atoms with Gasteiger partial charge >= 0.3 is 5.97 Å². The van der Waals surface area contributed by atoms with Gasteiger partial charge in [0.05, 0.1) is 6.42 Å². The molecule has 0 radical (unpaired) electrons. The third-order valence-electron chi connectivity index (χ3n) is 5.46. The SMILES string of the molecule is CN(Cc1ccccc1F)c1ccc(N2CC(CC(=O)O)c3ccccc32)cc1. The van der Waals surface area contributed by atoms with E-state index in [0.717, 1.165) is 22.6 Å². The molecule has 4 rings (SSSR count). The van der Waals surface area contributed by atoms with E-state index < -0.39 is 5.97 Å². The van der Waals surface area contributed by atoms with Crippen molar-refractivity contribution in [2.24, 2.45) is 0 Å². The fourth-order valence-electron chi connectivity index (χ4n) is 3.99. The van der Waals surface area contributed by atoms with Gasteiger partial charge in [-0.2, -0.15) is 0 Å². The molecule has 0 spiro atoms. The predicted octanol–water partition coefficient (Wildman–Crippen LogP) is 5.17. The molecule has 1 aliphatic heterocycles. The summed E-state index contributed by atoms with van der Waals surface area (Å²) in [5, 5.41) is 9.24. The number of carbonyl (C=O) groups is 1. The summed E-state index contributed by atoms with van der Waals surface area (Å²) >= 11 is 0. The van der Waals surface area contributed by atoms with Crippen molar-refractivity contribution in [2.45, 2.75) is 18.9 Å². The Bertz CT molecular complexity index is 1020. The minimum Gasteiger partial charge on any atom is -0.481 e. The number of carboxylic acid groups (broad SMARTS) is 1. The van der Waals surface area contributed by atoms with Crippen molar-refractivity contribution >= 4 is 23.0 Å². The molecule has 0 aromatic heterocycles. The number of aliphatic carboxylic acids is 1. The molecule has 4 nitrogen and oxygen atoms in total. The van der Waals surface area contributed by atoms with E-state index in [2.05, 4.69) is 4.90 Å². The molecule has 0 saturated carbocycles. The van der Waals surface area contributed by atoms with Crippen LogP contribution in [-0.4, -0.2) is 24.7 Å². The minimum atomic E-state index is -0.781. The lowest BCUT2D eigenvalue weighted by atomic mass is 9.98. The number of carboxylic acids is 1. The third-order valence-corrected chi connectivity index (χ3v) is 5.46. The van der Waals surface area contributed by atoms with E-state index in [1.165, 1.54) is 6.07 Å². The Morgan fingerprint density at radius 2 is 1.76 bits per heavy atom. The second-order valence-corrected chi connectivity index (χ2v) is 7.43. The first-order valence-corrected chi connectivity index (χ1v) is 9.66. The molecule has 1 aliphatic rings. The number of hydrogen-bond donors (Lipinski definition) is 1. The molecule has 3 aromatic rings. The average Bonchev–Trinajstić information content (AvgIpc) is 3.08. The molecule has 0 saturated heterocycles. The highest BCUT2D eigenvalue weighted by molar-refractivity contribution is 5.75. The number of halogens is 1. The van der Waals surface area contributed by atoms with Gasteiger partial charge in [-0.25, -0.2) is 4.39 Å². The van der Waals surface area contributed by atoms with E-state index in [0.29, 0.717) is 18.7 Å². The Morgan fingerprint density at radius 1 is 1.07 bits per heavy atom. The lowest BCUT2D eigenvalue weighted by Crippen LogP contribution is -2.19. The molecule has 1 N–H and O–H groups in total. The second kappa shape index (κ2) is 7.95. The zero-order valence-electron chi connectivity index (χ0n) is 16.3. The molecule has 0 aliphatic carbocycles. The summed E-state index contributed by atoms with van der Waals surface area (Å²) in [6, 6.07) is 22.9. The van der Waals surface area contributed by atoms with Crippen molar-refractivity contribution in [1.82, 2.24) is 0 Å². The smallest absolute Gasteiger partial charge is 0.304 e. The highest BCUT2D eigenvalue weighted by Gasteiger charge is 2.30. The van der Waals surface area contributed by atoms with Gasteiger partial charge < -0.3 is 14.9 Å². The lowest BCUT2D eigenvalue weighted by Gasteiger charge is -2.23. The lowest BCUT2D eigenvalue weighted by molar-refractivity contribution is -0.137. The van der Waals surface area contributed by atoms with Crippen LogP contribution in [0.25, 0.3) is 0 Å². The van der Waals surface area contributed by atoms with Crippen LogP contribution in [-0.2, 0) is 11.3 Å². The first-order valence-electron chi connectivity index (χ1n) is 9.66. The van der Waals surface area contributed by atoms with Crippen LogP contribution in [0.4, 0.5) is 21.5 Å². The molecule has 1 heterocycles. The Labute approximate surface area is 169 Å². The van der Waals surface area contributed by atoms with Crippen LogP contribution < -0.4 is 9.80 Å². The van der Waals surface area contributed by atoms with Crippen molar-refractivity contribution in [1.29, 1.82) is 0 Å². The van der Waals surface area contributed by atoms with Gasteiger partial charge in [-0.1, -0.05) is 36.4 Å². The summed E-state index contributed by atoms with van der Waals surface area (Å²) in [6.07, 6.45) is 0.122. The molecule has 5 heteroatoms. The topological polar surface area (TPSA) is 43.8 Å². The maximum Gasteiger partial charge on any atom is 0.304 e. The van der Waals surface area contributed by atoms with Crippen LogP contribution in [0.5, 0.6) is 0 Å². The maximum absolute atomic E-state index is 13.9. The number of anilines is 3. The van der Waals surface area contributed by atoms with Crippen LogP contribution in [0.3, 0.4) is 0 Å². The standard InChI is InChI=1S/C24H23FN2O2/c1-26(15-17-6-2-4-8-22(17)25)19-10-12-20(13-11-19)27-16-18(14-24(28)29)21-7-3-5-9-23(21)27/h2-13,18H,14-16H2,1H3,(H,28,29). The van der Waals surface area contributed by atoms with E-state index in [9.17, 15) is 14.3 Å². The van der Waals surface area contributed by atoms with Crippen molar-refractivity contribution < 1.29 is 14.3 Å². The monoisotopic (exact) mass is 390 g/mol. The molecular weight excluding hydrogens is 367 g/mol. The van der Waals surface area contributed by atoms with E-state index in [1.807, 2.05) is 66.5 Å². The molecule has 0 fully saturated rings. The van der Waals surface area contributed by atoms with Gasteiger partial charge in [0.15, 0.2) is 0 Å². The Hall–Kier alpha value is -3.34. The second-order valence-electron chi connectivity index (χ2n) is 7.43. The molecule has 0 amide bonds. The molecule has 1 unspecified atom stereocenters. The number of fused-ring (bicyclic) bond motifs is 1. The summed E-state index contributed by atoms with van der Waals surface area (Å²) in [4.78, 5) is 15.4. The van der Waals surface area contributed by atoms with Gasteiger partial charge in [-0.3, -0.25) is 4.79 Å². The number of nitrogens with zero attached hydrogens (tertiary/aromatic N) is 2. The van der Waals surface area contributed by atoms with Gasteiger partial charge in [0.1, 0.15) is 5.82 Å². The van der Waals surface area contributed by atoms with E-state index in [-0.39, 0.29) is 18.2 Å². The van der Waals surface area contributed by atoms with Gasteiger partial charge in [0.25, 0.3) is 0 Å². The van der Waals surface area contributed by atoms with Gasteiger partial charge in [-0.05, 0) is 42.0 Å². The normalized spacial score (nSPS) is 15.2. The van der Waals surface area contributed by atoms with Gasteiger partial charge in [-0.15, -0.1) is 0 Å². The molecular formula is C24H23FN2O2. The van der Waals surface area contributed by atoms with E-state index >= 15 is 0 Å². The van der Waals surface area contributed by atoms with Gasteiger partial charge in [0.2, 0.25) is 0 Å². The van der Waals surface area contributed by atoms with Crippen LogP contribution in [0.1, 0.15) is 23.5 Å². The summed E-state index contributed by atoms with van der Waals surface area (Å²) in [5.74, 6) is -1.00. The summed E-state index contributed by atoms with van der Waals surface area (Å²) in [5.41, 5.74) is 4.81. The fourth-order valence-corrected chi connectivity index (χ4v) is 3.99. The van der Waals surface area contributed by atoms with E-state index in [4.69, 9.17) is 0 Å². The highest BCUT2D eigenvalue weighted by atomic mass is 19.1. The van der Waals surface area contributed by atoms with Crippen LogP contribution >= 0.6 is 0 Å². The van der Waals surface area contributed by atoms with Crippen LogP contribution in [0.15, 0.2) is 72.8 Å². The maximum atomic E-state index is 13.9. The Kier molecular flexibility index (Phi) is 5.21. The molecule has 148 valence electrons. The first kappa shape index (κ1) is 19.0. The fraction of sp³-hybridized carbons (Fsp3) is 0.208. The highest BCUT2D eigenvalue weighted by Crippen LogP contribution is 2.42. The molecule has 1 atom stereocenters.